The third-order valence-corrected chi connectivity index (χ3v) is 20.4. The number of hydrogen-bond acceptors (Lipinski definition) is 23. The zero-order valence-corrected chi connectivity index (χ0v) is 69.0. The summed E-state index contributed by atoms with van der Waals surface area (Å²) < 4.78 is 9.45. The molecule has 0 spiro atoms. The van der Waals surface area contributed by atoms with Crippen molar-refractivity contribution in [3.05, 3.63) is 47.8 Å². The summed E-state index contributed by atoms with van der Waals surface area (Å²) in [5.74, 6) is -15.1. The number of aromatic hydroxyl groups is 1. The minimum atomic E-state index is -2.10. The standard InChI is InChI=1S/C78H127N17O22/c1-11-12-13-14-15-16-17-18-19-20-21-25-52(38-61(104)105)117-78(116)53(26-22-33-82-58(79)37-50-41-92(9)93(10)42-50)85-74(112)64(46(6)97)87-60(103)40-83-73(111)67(57(101)39-59(80)102)91-71(109)56-28-24-35-95(56)77(115)66(48(8)99)90-75(113)65(47(7)98)89-70(108)55-27-23-34-94(55)76(114)63(43(2)3)88-69(107)54(36-49-29-31-51(100)32-30-49)86-68(106)44(4)84-72(110)62(81)45(5)96/h29-32,41-48,52-57,62-67,96-99,101H,11-28,33-40,81H2,1-10H3,(H14-,79,80,82,83,84,85,86,87,88,89,90,91,100,102,103,104,105,106,107,108,109,110,111,112,113)/p+1/t44-,45-,46-,47-,48-,52-,53+,54+,55+,56+,57-,62+,63+,64+,65+,66+,67+/m1/s1. The number of carboxylic acids is 1. The SMILES string of the molecule is CCCCCCCCCCCCC[C@H](CC(=O)O)OC(=O)[C@H](CCCN=C(N)Cc1cn(C)[n+](C)c1)NC(=O)[C@@H](NC(=O)CNC(=O)[C@@H](NC(=O)[C@@H]1CCCN1C(=O)[C@@H](NC(=O)[C@@H](NC(=O)[C@@H]1CCCN1C(=O)[C@@H](NC(=O)[C@H](Cc1ccc(O)cc1)NC(=O)[C@@H](C)NC(=O)[C@@H](N)[C@@H](C)O)C(C)C)[C@@H](C)O)[C@@H](C)O)[C@H](O)CC(N)=O)[C@@H](C)O. The zero-order valence-electron chi connectivity index (χ0n) is 69.0. The Hall–Kier alpha value is -9.96. The predicted octanol–water partition coefficient (Wildman–Crippen LogP) is -3.70. The molecule has 1 aromatic heterocycles. The van der Waals surface area contributed by atoms with Crippen LogP contribution in [0.25, 0.3) is 0 Å². The van der Waals surface area contributed by atoms with Crippen molar-refractivity contribution in [3.8, 4) is 5.75 Å². The second kappa shape index (κ2) is 50.0. The topological polar surface area (TPSA) is 604 Å². The predicted molar refractivity (Wildman–Crippen MR) is 424 cm³/mol. The molecule has 12 amide bonds. The van der Waals surface area contributed by atoms with E-state index in [1.165, 1.54) is 68.7 Å². The Balaban J connectivity index is 1.46. The van der Waals surface area contributed by atoms with Gasteiger partial charge in [-0.2, -0.15) is 4.68 Å². The number of nitrogens with zero attached hydrogens (tertiary/aromatic N) is 5. The molecule has 22 N–H and O–H groups in total. The highest BCUT2D eigenvalue weighted by molar-refractivity contribution is 6.00. The third-order valence-electron chi connectivity index (χ3n) is 20.4. The summed E-state index contributed by atoms with van der Waals surface area (Å²) in [6, 6.07) is -11.8. The number of phenols is 1. The lowest BCUT2D eigenvalue weighted by atomic mass is 9.99. The van der Waals surface area contributed by atoms with Gasteiger partial charge in [0.15, 0.2) is 13.2 Å². The summed E-state index contributed by atoms with van der Waals surface area (Å²) in [4.78, 5) is 199. The van der Waals surface area contributed by atoms with Gasteiger partial charge in [0.1, 0.15) is 78.3 Å². The van der Waals surface area contributed by atoms with Crippen LogP contribution in [0, 0.1) is 5.92 Å². The van der Waals surface area contributed by atoms with Crippen LogP contribution in [0.15, 0.2) is 41.7 Å². The van der Waals surface area contributed by atoms with Gasteiger partial charge >= 0.3 is 11.9 Å². The van der Waals surface area contributed by atoms with Crippen molar-refractivity contribution >= 4 is 88.7 Å². The molecule has 0 aliphatic carbocycles. The fourth-order valence-electron chi connectivity index (χ4n) is 13.6. The Labute approximate surface area is 682 Å². The number of aliphatic imine (C=N–C) groups is 1. The number of amidine groups is 1. The van der Waals surface area contributed by atoms with E-state index in [0.29, 0.717) is 18.4 Å². The second-order valence-corrected chi connectivity index (χ2v) is 30.9. The van der Waals surface area contributed by atoms with Gasteiger partial charge in [0, 0.05) is 38.0 Å². The number of primary amides is 1. The van der Waals surface area contributed by atoms with Crippen LogP contribution in [0.2, 0.25) is 0 Å². The molecular formula is C78H128N17O22+. The zero-order chi connectivity index (χ0) is 87.5. The number of amides is 12. The molecule has 0 bridgehead atoms. The minimum Gasteiger partial charge on any atom is -0.508 e. The van der Waals surface area contributed by atoms with Gasteiger partial charge in [0.2, 0.25) is 70.9 Å². The van der Waals surface area contributed by atoms with Crippen molar-refractivity contribution < 1.29 is 112 Å². The molecular weight excluding hydrogens is 1530 g/mol. The summed E-state index contributed by atoms with van der Waals surface area (Å²) in [5.41, 5.74) is 18.7. The number of aryl methyl sites for hydroxylation is 2. The average Bonchev–Trinajstić information content (AvgIpc) is 1.72. The number of aliphatic hydroxyl groups excluding tert-OH is 5. The van der Waals surface area contributed by atoms with Gasteiger partial charge in [-0.3, -0.25) is 67.3 Å². The van der Waals surface area contributed by atoms with Gasteiger partial charge in [-0.25, -0.2) is 4.79 Å². The second-order valence-electron chi connectivity index (χ2n) is 30.9. The monoisotopic (exact) mass is 1650 g/mol. The van der Waals surface area contributed by atoms with Gasteiger partial charge in [-0.05, 0) is 110 Å². The Morgan fingerprint density at radius 1 is 0.564 bits per heavy atom. The molecule has 0 radical (unpaired) electrons. The molecule has 117 heavy (non-hydrogen) atoms. The van der Waals surface area contributed by atoms with E-state index in [0.717, 1.165) is 69.8 Å². The van der Waals surface area contributed by atoms with E-state index < -0.39 is 211 Å². The van der Waals surface area contributed by atoms with Crippen LogP contribution >= 0.6 is 0 Å². The molecule has 2 aliphatic heterocycles. The van der Waals surface area contributed by atoms with Crippen LogP contribution in [0.1, 0.15) is 195 Å². The number of nitrogens with two attached hydrogens (primary N) is 3. The summed E-state index contributed by atoms with van der Waals surface area (Å²) in [6.07, 6.45) is 4.61. The third kappa shape index (κ3) is 33.5. The maximum absolute atomic E-state index is 14.6. The molecule has 2 aromatic rings. The first-order chi connectivity index (χ1) is 55.1. The van der Waals surface area contributed by atoms with Crippen LogP contribution in [0.3, 0.4) is 0 Å². The van der Waals surface area contributed by atoms with Crippen LogP contribution in [-0.4, -0.2) is 268 Å². The molecule has 656 valence electrons. The number of unbranched alkanes of at least 4 members (excludes halogenated alkanes) is 10. The fourth-order valence-corrected chi connectivity index (χ4v) is 13.6. The van der Waals surface area contributed by atoms with Gasteiger partial charge in [-0.15, -0.1) is 4.68 Å². The highest BCUT2D eigenvalue weighted by Gasteiger charge is 2.45. The molecule has 2 aliphatic rings. The Morgan fingerprint density at radius 2 is 1.08 bits per heavy atom. The number of carbonyl (C=O) groups excluding carboxylic acids is 13. The van der Waals surface area contributed by atoms with Gasteiger partial charge in [0.25, 0.3) is 0 Å². The number of hydrogen-bond donors (Lipinski definition) is 19. The lowest BCUT2D eigenvalue weighted by molar-refractivity contribution is -0.751. The number of esters is 1. The van der Waals surface area contributed by atoms with Crippen LogP contribution < -0.4 is 69.7 Å². The van der Waals surface area contributed by atoms with Crippen molar-refractivity contribution in [2.45, 2.75) is 300 Å². The lowest BCUT2D eigenvalue weighted by Gasteiger charge is -2.33. The number of phenolic OH excluding ortho intramolecular Hbond substituents is 1. The number of aliphatic carboxylic acids is 1. The van der Waals surface area contributed by atoms with E-state index in [1.54, 1.807) is 13.8 Å². The number of rotatable bonds is 52. The van der Waals surface area contributed by atoms with E-state index in [4.69, 9.17) is 21.9 Å². The molecule has 3 heterocycles. The van der Waals surface area contributed by atoms with Gasteiger partial charge < -0.3 is 115 Å². The lowest BCUT2D eigenvalue weighted by Crippen LogP contribution is -2.63. The number of carbonyl (C=O) groups is 14. The van der Waals surface area contributed by atoms with Gasteiger partial charge in [0.05, 0.1) is 69.0 Å². The van der Waals surface area contributed by atoms with Crippen molar-refractivity contribution in [1.82, 2.24) is 62.3 Å². The number of likely N-dealkylation sites (tertiary alicyclic amines) is 2. The highest BCUT2D eigenvalue weighted by atomic mass is 16.5. The van der Waals surface area contributed by atoms with E-state index in [9.17, 15) is 103 Å². The van der Waals surface area contributed by atoms with E-state index >= 15 is 0 Å². The maximum Gasteiger partial charge on any atom is 0.328 e. The minimum absolute atomic E-state index is 0.0244. The Bertz CT molecular complexity index is 3650. The normalized spacial score (nSPS) is 18.1. The van der Waals surface area contributed by atoms with Crippen molar-refractivity contribution in [3.63, 3.8) is 0 Å². The summed E-state index contributed by atoms with van der Waals surface area (Å²) in [7, 11) is 3.69. The average molecular weight is 1660 g/mol. The first-order valence-corrected chi connectivity index (χ1v) is 40.4. The number of ether oxygens (including phenoxy) is 1. The first kappa shape index (κ1) is 99.4. The van der Waals surface area contributed by atoms with Crippen LogP contribution in [0.4, 0.5) is 0 Å². The van der Waals surface area contributed by atoms with E-state index in [1.807, 2.05) is 35.9 Å². The van der Waals surface area contributed by atoms with Crippen molar-refractivity contribution in [2.24, 2.45) is 42.2 Å². The number of nitrogens with one attached hydrogen (secondary N) is 9. The first-order valence-electron chi connectivity index (χ1n) is 40.4. The molecule has 39 heteroatoms. The summed E-state index contributed by atoms with van der Waals surface area (Å²) in [5, 5.41) is 95.4. The van der Waals surface area contributed by atoms with Gasteiger partial charge in [-0.1, -0.05) is 97.1 Å². The number of benzene rings is 1. The molecule has 1 aromatic carbocycles. The van der Waals surface area contributed by atoms with Crippen molar-refractivity contribution in [1.29, 1.82) is 0 Å². The van der Waals surface area contributed by atoms with Crippen LogP contribution in [-0.2, 0) is 98.8 Å². The number of carboxylic acid groups (broad SMARTS) is 1. The molecule has 2 fully saturated rings. The molecule has 4 rings (SSSR count). The smallest absolute Gasteiger partial charge is 0.328 e. The maximum atomic E-state index is 14.6. The summed E-state index contributed by atoms with van der Waals surface area (Å²) in [6.45, 7) is 10.2. The molecule has 2 saturated heterocycles. The molecule has 0 saturated carbocycles. The number of aliphatic hydroxyl groups is 5. The molecule has 17 atom stereocenters. The van der Waals surface area contributed by atoms with E-state index in [-0.39, 0.29) is 82.6 Å². The Kier molecular flexibility index (Phi) is 42.4. The van der Waals surface area contributed by atoms with Crippen molar-refractivity contribution in [2.75, 3.05) is 26.2 Å². The molecule has 39 nitrogen and oxygen atoms in total. The van der Waals surface area contributed by atoms with E-state index in [2.05, 4.69) is 59.8 Å². The van der Waals surface area contributed by atoms with Crippen LogP contribution in [0.5, 0.6) is 5.75 Å². The summed E-state index contributed by atoms with van der Waals surface area (Å²) >= 11 is 0. The number of aromatic nitrogens is 2. The fraction of sp³-hybridized carbons (Fsp3) is 0.692. The Morgan fingerprint density at radius 3 is 1.59 bits per heavy atom. The molecule has 0 unspecified atom stereocenters. The quantitative estimate of drug-likeness (QED) is 0.00997. The largest absolute Gasteiger partial charge is 0.508 e. The highest BCUT2D eigenvalue weighted by Crippen LogP contribution is 2.25.